The number of sulfonamides is 1. The Hall–Kier alpha value is -2.33. The van der Waals surface area contributed by atoms with Crippen molar-refractivity contribution in [1.29, 1.82) is 0 Å². The number of nitrogens with zero attached hydrogens (tertiary/aromatic N) is 3. The maximum Gasteiger partial charge on any atom is 0.338 e. The second kappa shape index (κ2) is 5.58. The zero-order valence-corrected chi connectivity index (χ0v) is 11.6. The summed E-state index contributed by atoms with van der Waals surface area (Å²) in [6.07, 6.45) is 1.41. The highest BCUT2D eigenvalue weighted by atomic mass is 32.2. The molecule has 0 atom stereocenters. The van der Waals surface area contributed by atoms with Gasteiger partial charge in [0.2, 0.25) is 10.0 Å². The monoisotopic (exact) mass is 314 g/mol. The van der Waals surface area contributed by atoms with Gasteiger partial charge in [0, 0.05) is 7.05 Å². The second-order valence-corrected chi connectivity index (χ2v) is 5.90. The largest absolute Gasteiger partial charge is 0.478 e. The first kappa shape index (κ1) is 15.1. The van der Waals surface area contributed by atoms with E-state index < -0.39 is 27.4 Å². The molecule has 21 heavy (non-hydrogen) atoms. The summed E-state index contributed by atoms with van der Waals surface area (Å²) in [5.74, 6) is -2.17. The number of rotatable bonds is 5. The fraction of sp³-hybridized carbons (Fsp3) is 0.182. The van der Waals surface area contributed by atoms with Gasteiger partial charge in [-0.2, -0.15) is 0 Å². The third-order valence-corrected chi connectivity index (χ3v) is 4.10. The topological polar surface area (TPSA) is 114 Å². The number of aromatic carboxylic acids is 1. The highest BCUT2D eigenvalue weighted by molar-refractivity contribution is 7.89. The molecule has 0 radical (unpaired) electrons. The van der Waals surface area contributed by atoms with Gasteiger partial charge in [-0.1, -0.05) is 0 Å². The Kier molecular flexibility index (Phi) is 4.00. The van der Waals surface area contributed by atoms with E-state index in [9.17, 15) is 17.6 Å². The molecule has 0 fully saturated rings. The summed E-state index contributed by atoms with van der Waals surface area (Å²) in [7, 11) is -2.34. The Morgan fingerprint density at radius 1 is 1.48 bits per heavy atom. The highest BCUT2D eigenvalue weighted by Gasteiger charge is 2.19. The van der Waals surface area contributed by atoms with Gasteiger partial charge in [0.1, 0.15) is 18.0 Å². The van der Waals surface area contributed by atoms with Crippen molar-refractivity contribution < 1.29 is 22.7 Å². The van der Waals surface area contributed by atoms with Crippen LogP contribution in [0.5, 0.6) is 0 Å². The molecule has 2 aromatic rings. The van der Waals surface area contributed by atoms with Gasteiger partial charge in [0.05, 0.1) is 17.0 Å². The normalized spacial score (nSPS) is 11.5. The van der Waals surface area contributed by atoms with E-state index in [0.717, 1.165) is 18.2 Å². The third-order valence-electron chi connectivity index (χ3n) is 2.70. The molecule has 1 heterocycles. The van der Waals surface area contributed by atoms with E-state index in [1.165, 1.54) is 10.9 Å². The number of nitrogens with one attached hydrogen (secondary N) is 1. The minimum Gasteiger partial charge on any atom is -0.478 e. The van der Waals surface area contributed by atoms with Crippen LogP contribution in [0.4, 0.5) is 4.39 Å². The summed E-state index contributed by atoms with van der Waals surface area (Å²) in [5.41, 5.74) is -0.712. The Morgan fingerprint density at radius 2 is 2.19 bits per heavy atom. The minimum absolute atomic E-state index is 0.126. The molecule has 2 rings (SSSR count). The molecule has 1 aromatic carbocycles. The van der Waals surface area contributed by atoms with Gasteiger partial charge in [0.25, 0.3) is 0 Å². The summed E-state index contributed by atoms with van der Waals surface area (Å²) in [5, 5.41) is 16.1. The Balaban J connectivity index is 2.26. The van der Waals surface area contributed by atoms with Crippen LogP contribution in [-0.2, 0) is 23.6 Å². The SMILES string of the molecule is Cn1cnnc1CNS(=O)(=O)c1ccc(F)c(C(=O)O)c1. The fourth-order valence-corrected chi connectivity index (χ4v) is 2.55. The summed E-state index contributed by atoms with van der Waals surface area (Å²) in [4.78, 5) is 10.5. The molecule has 0 saturated carbocycles. The van der Waals surface area contributed by atoms with Crippen LogP contribution in [0.25, 0.3) is 0 Å². The lowest BCUT2D eigenvalue weighted by Crippen LogP contribution is -2.25. The molecule has 0 aliphatic rings. The van der Waals surface area contributed by atoms with Crippen molar-refractivity contribution in [2.24, 2.45) is 7.05 Å². The van der Waals surface area contributed by atoms with E-state index in [-0.39, 0.29) is 11.4 Å². The number of carbonyl (C=O) groups is 1. The van der Waals surface area contributed by atoms with Gasteiger partial charge >= 0.3 is 5.97 Å². The lowest BCUT2D eigenvalue weighted by molar-refractivity contribution is 0.0691. The molecule has 0 bridgehead atoms. The zero-order valence-electron chi connectivity index (χ0n) is 10.8. The summed E-state index contributed by atoms with van der Waals surface area (Å²) in [6, 6.07) is 2.54. The van der Waals surface area contributed by atoms with Gasteiger partial charge in [-0.05, 0) is 18.2 Å². The zero-order chi connectivity index (χ0) is 15.6. The number of carboxylic acid groups (broad SMARTS) is 1. The lowest BCUT2D eigenvalue weighted by atomic mass is 10.2. The first-order valence-electron chi connectivity index (χ1n) is 5.66. The van der Waals surface area contributed by atoms with E-state index in [4.69, 9.17) is 5.11 Å². The summed E-state index contributed by atoms with van der Waals surface area (Å²) < 4.78 is 41.1. The quantitative estimate of drug-likeness (QED) is 0.811. The van der Waals surface area contributed by atoms with Crippen LogP contribution in [0.1, 0.15) is 16.2 Å². The maximum atomic E-state index is 13.3. The molecule has 0 aliphatic heterocycles. The first-order chi connectivity index (χ1) is 9.81. The van der Waals surface area contributed by atoms with Crippen LogP contribution in [0, 0.1) is 5.82 Å². The molecule has 0 amide bonds. The Morgan fingerprint density at radius 3 is 2.76 bits per heavy atom. The summed E-state index contributed by atoms with van der Waals surface area (Å²) >= 11 is 0. The van der Waals surface area contributed by atoms with Crippen molar-refractivity contribution in [3.63, 3.8) is 0 Å². The average Bonchev–Trinajstić information content (AvgIpc) is 2.82. The van der Waals surface area contributed by atoms with Gasteiger partial charge < -0.3 is 9.67 Å². The van der Waals surface area contributed by atoms with Crippen molar-refractivity contribution >= 4 is 16.0 Å². The van der Waals surface area contributed by atoms with E-state index in [1.54, 1.807) is 7.05 Å². The summed E-state index contributed by atoms with van der Waals surface area (Å²) in [6.45, 7) is -0.126. The average molecular weight is 314 g/mol. The fourth-order valence-electron chi connectivity index (χ4n) is 1.55. The standard InChI is InChI=1S/C11H11FN4O4S/c1-16-6-13-15-10(16)5-14-21(19,20)7-2-3-9(12)8(4-7)11(17)18/h2-4,6,14H,5H2,1H3,(H,17,18). The van der Waals surface area contributed by atoms with Gasteiger partial charge in [-0.15, -0.1) is 10.2 Å². The number of aryl methyl sites for hydroxylation is 1. The van der Waals surface area contributed by atoms with Crippen LogP contribution in [0.3, 0.4) is 0 Å². The van der Waals surface area contributed by atoms with E-state index in [2.05, 4.69) is 14.9 Å². The number of aromatic nitrogens is 3. The van der Waals surface area contributed by atoms with E-state index >= 15 is 0 Å². The molecule has 2 N–H and O–H groups in total. The van der Waals surface area contributed by atoms with Gasteiger partial charge in [-0.3, -0.25) is 0 Å². The molecular formula is C11H11FN4O4S. The number of hydrogen-bond acceptors (Lipinski definition) is 5. The predicted molar refractivity (Wildman–Crippen MR) is 68.4 cm³/mol. The van der Waals surface area contributed by atoms with Crippen LogP contribution in [0.15, 0.2) is 29.4 Å². The van der Waals surface area contributed by atoms with Crippen LogP contribution in [0.2, 0.25) is 0 Å². The smallest absolute Gasteiger partial charge is 0.338 e. The van der Waals surface area contributed by atoms with Crippen molar-refractivity contribution in [3.8, 4) is 0 Å². The molecular weight excluding hydrogens is 303 g/mol. The molecule has 1 aromatic heterocycles. The van der Waals surface area contributed by atoms with E-state index in [1.807, 2.05) is 0 Å². The number of halogens is 1. The Bertz CT molecular complexity index is 787. The van der Waals surface area contributed by atoms with Gasteiger partial charge in [0.15, 0.2) is 0 Å². The van der Waals surface area contributed by atoms with Crippen molar-refractivity contribution in [2.45, 2.75) is 11.4 Å². The van der Waals surface area contributed by atoms with Crippen molar-refractivity contribution in [2.75, 3.05) is 0 Å². The van der Waals surface area contributed by atoms with Crippen LogP contribution < -0.4 is 4.72 Å². The number of hydrogen-bond donors (Lipinski definition) is 2. The molecule has 0 aliphatic carbocycles. The molecule has 112 valence electrons. The maximum absolute atomic E-state index is 13.3. The van der Waals surface area contributed by atoms with Crippen LogP contribution in [-0.4, -0.2) is 34.3 Å². The number of carboxylic acids is 1. The molecule has 0 saturated heterocycles. The molecule has 0 spiro atoms. The van der Waals surface area contributed by atoms with Crippen LogP contribution >= 0.6 is 0 Å². The predicted octanol–water partition coefficient (Wildman–Crippen LogP) is 0.131. The van der Waals surface area contributed by atoms with Gasteiger partial charge in [-0.25, -0.2) is 22.3 Å². The minimum atomic E-state index is -3.99. The van der Waals surface area contributed by atoms with Crippen molar-refractivity contribution in [1.82, 2.24) is 19.5 Å². The third kappa shape index (κ3) is 3.23. The lowest BCUT2D eigenvalue weighted by Gasteiger charge is -2.07. The second-order valence-electron chi connectivity index (χ2n) is 4.13. The molecule has 10 heteroatoms. The van der Waals surface area contributed by atoms with Crippen molar-refractivity contribution in [3.05, 3.63) is 41.7 Å². The van der Waals surface area contributed by atoms with E-state index in [0.29, 0.717) is 5.82 Å². The molecule has 8 nitrogen and oxygen atoms in total. The molecule has 0 unspecified atom stereocenters. The number of benzene rings is 1. The first-order valence-corrected chi connectivity index (χ1v) is 7.15. The highest BCUT2D eigenvalue weighted by Crippen LogP contribution is 2.15. The Labute approximate surface area is 119 Å².